The largest absolute Gasteiger partial charge is 0.508 e. The topological polar surface area (TPSA) is 50.7 Å². The Morgan fingerprint density at radius 1 is 1.18 bits per heavy atom. The van der Waals surface area contributed by atoms with Crippen LogP contribution in [0.2, 0.25) is 0 Å². The van der Waals surface area contributed by atoms with Crippen molar-refractivity contribution in [1.29, 1.82) is 0 Å². The zero-order chi connectivity index (χ0) is 12.3. The molecule has 1 aromatic carbocycles. The number of benzene rings is 1. The second-order valence-corrected chi connectivity index (χ2v) is 3.76. The number of para-hydroxylation sites is 1. The molecule has 0 bridgehead atoms. The van der Waals surface area contributed by atoms with E-state index in [1.807, 2.05) is 18.2 Å². The molecule has 1 aromatic rings. The van der Waals surface area contributed by atoms with Crippen LogP contribution in [-0.4, -0.2) is 38.6 Å². The first kappa shape index (κ1) is 14.0. The van der Waals surface area contributed by atoms with Gasteiger partial charge in [-0.15, -0.1) is 0 Å². The number of hydrogen-bond donors (Lipinski definition) is 2. The molecule has 1 rings (SSSR count). The molecule has 0 aliphatic heterocycles. The van der Waals surface area contributed by atoms with Gasteiger partial charge in [-0.1, -0.05) is 18.2 Å². The summed E-state index contributed by atoms with van der Waals surface area (Å²) in [6.07, 6.45) is 0.927. The van der Waals surface area contributed by atoms with Gasteiger partial charge in [-0.2, -0.15) is 0 Å². The number of hydrogen-bond acceptors (Lipinski definition) is 4. The summed E-state index contributed by atoms with van der Waals surface area (Å²) in [5.74, 6) is 0.334. The summed E-state index contributed by atoms with van der Waals surface area (Å²) in [6, 6.07) is 7.33. The highest BCUT2D eigenvalue weighted by Gasteiger charge is 1.97. The first-order valence-corrected chi connectivity index (χ1v) is 5.89. The fourth-order valence-corrected chi connectivity index (χ4v) is 1.44. The predicted molar refractivity (Wildman–Crippen MR) is 67.1 cm³/mol. The summed E-state index contributed by atoms with van der Waals surface area (Å²) >= 11 is 0. The third-order valence-electron chi connectivity index (χ3n) is 2.37. The van der Waals surface area contributed by atoms with E-state index >= 15 is 0 Å². The molecule has 0 atom stereocenters. The molecule has 2 N–H and O–H groups in total. The van der Waals surface area contributed by atoms with Gasteiger partial charge in [0.2, 0.25) is 0 Å². The Morgan fingerprint density at radius 2 is 2.00 bits per heavy atom. The summed E-state index contributed by atoms with van der Waals surface area (Å²) < 4.78 is 10.3. The van der Waals surface area contributed by atoms with E-state index in [0.29, 0.717) is 18.9 Å². The van der Waals surface area contributed by atoms with Crippen LogP contribution in [0.1, 0.15) is 12.0 Å². The second kappa shape index (κ2) is 8.98. The van der Waals surface area contributed by atoms with Crippen LogP contribution in [0, 0.1) is 0 Å². The van der Waals surface area contributed by atoms with Crippen LogP contribution in [-0.2, 0) is 16.0 Å². The van der Waals surface area contributed by atoms with Gasteiger partial charge in [0.1, 0.15) is 5.75 Å². The van der Waals surface area contributed by atoms with E-state index in [-0.39, 0.29) is 0 Å². The predicted octanol–water partition coefficient (Wildman–Crippen LogP) is 1.53. The molecule has 0 aliphatic rings. The number of phenols is 1. The Labute approximate surface area is 103 Å². The van der Waals surface area contributed by atoms with Crippen molar-refractivity contribution in [1.82, 2.24) is 5.32 Å². The highest BCUT2D eigenvalue weighted by Crippen LogP contribution is 2.14. The van der Waals surface area contributed by atoms with Gasteiger partial charge in [0, 0.05) is 39.0 Å². The minimum absolute atomic E-state index is 0.334. The Balaban J connectivity index is 1.99. The first-order valence-electron chi connectivity index (χ1n) is 5.89. The minimum atomic E-state index is 0.334. The van der Waals surface area contributed by atoms with Gasteiger partial charge in [0.05, 0.1) is 6.61 Å². The van der Waals surface area contributed by atoms with Crippen LogP contribution in [0.25, 0.3) is 0 Å². The smallest absolute Gasteiger partial charge is 0.120 e. The average Bonchev–Trinajstić information content (AvgIpc) is 2.35. The van der Waals surface area contributed by atoms with Gasteiger partial charge >= 0.3 is 0 Å². The Bertz CT molecular complexity index is 304. The molecule has 0 saturated heterocycles. The summed E-state index contributed by atoms with van der Waals surface area (Å²) in [4.78, 5) is 0. The highest BCUT2D eigenvalue weighted by atomic mass is 16.5. The molecule has 0 spiro atoms. The number of phenolic OH excluding ortho intramolecular Hbond substituents is 1. The summed E-state index contributed by atoms with van der Waals surface area (Å²) in [7, 11) is 1.69. The lowest BCUT2D eigenvalue weighted by molar-refractivity contribution is 0.104. The molecule has 4 nitrogen and oxygen atoms in total. The van der Waals surface area contributed by atoms with Gasteiger partial charge in [0.15, 0.2) is 0 Å². The van der Waals surface area contributed by atoms with E-state index < -0.39 is 0 Å². The summed E-state index contributed by atoms with van der Waals surface area (Å²) in [6.45, 7) is 3.59. The fourth-order valence-electron chi connectivity index (χ4n) is 1.44. The molecule has 17 heavy (non-hydrogen) atoms. The SMILES string of the molecule is COCCCOCCNCc1ccccc1O. The molecule has 0 aliphatic carbocycles. The van der Waals surface area contributed by atoms with Crippen molar-refractivity contribution in [2.45, 2.75) is 13.0 Å². The number of methoxy groups -OCH3 is 1. The average molecular weight is 239 g/mol. The third kappa shape index (κ3) is 6.26. The Kier molecular flexibility index (Phi) is 7.38. The molecule has 0 unspecified atom stereocenters. The van der Waals surface area contributed by atoms with Crippen molar-refractivity contribution in [3.05, 3.63) is 29.8 Å². The summed E-state index contributed by atoms with van der Waals surface area (Å²) in [5, 5.41) is 12.7. The standard InChI is InChI=1S/C13H21NO3/c1-16-8-4-9-17-10-7-14-11-12-5-2-3-6-13(12)15/h2-3,5-6,14-15H,4,7-11H2,1H3. The van der Waals surface area contributed by atoms with Gasteiger partial charge in [-0.25, -0.2) is 0 Å². The van der Waals surface area contributed by atoms with Crippen molar-refractivity contribution >= 4 is 0 Å². The maximum Gasteiger partial charge on any atom is 0.120 e. The van der Waals surface area contributed by atoms with Crippen molar-refractivity contribution in [2.24, 2.45) is 0 Å². The molecule has 0 aromatic heterocycles. The molecule has 0 radical (unpaired) electrons. The van der Waals surface area contributed by atoms with Crippen molar-refractivity contribution in [3.8, 4) is 5.75 Å². The van der Waals surface area contributed by atoms with Crippen LogP contribution in [0.15, 0.2) is 24.3 Å². The van der Waals surface area contributed by atoms with Gasteiger partial charge < -0.3 is 19.9 Å². The van der Waals surface area contributed by atoms with Gasteiger partial charge in [-0.3, -0.25) is 0 Å². The fraction of sp³-hybridized carbons (Fsp3) is 0.538. The molecule has 96 valence electrons. The second-order valence-electron chi connectivity index (χ2n) is 3.76. The lowest BCUT2D eigenvalue weighted by Gasteiger charge is -2.07. The van der Waals surface area contributed by atoms with E-state index in [9.17, 15) is 5.11 Å². The van der Waals surface area contributed by atoms with Crippen LogP contribution < -0.4 is 5.32 Å². The maximum absolute atomic E-state index is 9.53. The van der Waals surface area contributed by atoms with Crippen molar-refractivity contribution < 1.29 is 14.6 Å². The third-order valence-corrected chi connectivity index (χ3v) is 2.37. The molecular weight excluding hydrogens is 218 g/mol. The van der Waals surface area contributed by atoms with E-state index in [1.165, 1.54) is 0 Å². The van der Waals surface area contributed by atoms with E-state index in [1.54, 1.807) is 13.2 Å². The minimum Gasteiger partial charge on any atom is -0.508 e. The van der Waals surface area contributed by atoms with E-state index in [4.69, 9.17) is 9.47 Å². The van der Waals surface area contributed by atoms with Crippen LogP contribution in [0.5, 0.6) is 5.75 Å². The van der Waals surface area contributed by atoms with E-state index in [2.05, 4.69) is 5.32 Å². The Morgan fingerprint density at radius 3 is 2.76 bits per heavy atom. The quantitative estimate of drug-likeness (QED) is 0.642. The van der Waals surface area contributed by atoms with Crippen LogP contribution >= 0.6 is 0 Å². The molecule has 0 fully saturated rings. The van der Waals surface area contributed by atoms with E-state index in [0.717, 1.165) is 31.7 Å². The van der Waals surface area contributed by atoms with Crippen molar-refractivity contribution in [2.75, 3.05) is 33.5 Å². The van der Waals surface area contributed by atoms with Gasteiger partial charge in [-0.05, 0) is 12.5 Å². The molecule has 0 heterocycles. The van der Waals surface area contributed by atoms with Crippen LogP contribution in [0.3, 0.4) is 0 Å². The molecule has 4 heteroatoms. The van der Waals surface area contributed by atoms with Gasteiger partial charge in [0.25, 0.3) is 0 Å². The zero-order valence-corrected chi connectivity index (χ0v) is 10.3. The Hall–Kier alpha value is -1.10. The highest BCUT2D eigenvalue weighted by molar-refractivity contribution is 5.31. The number of rotatable bonds is 9. The molecule has 0 amide bonds. The normalized spacial score (nSPS) is 10.6. The lowest BCUT2D eigenvalue weighted by atomic mass is 10.2. The maximum atomic E-state index is 9.53. The number of aromatic hydroxyl groups is 1. The molecular formula is C13H21NO3. The zero-order valence-electron chi connectivity index (χ0n) is 10.3. The summed E-state index contributed by atoms with van der Waals surface area (Å²) in [5.41, 5.74) is 0.909. The monoisotopic (exact) mass is 239 g/mol. The first-order chi connectivity index (χ1) is 8.34. The van der Waals surface area contributed by atoms with Crippen LogP contribution in [0.4, 0.5) is 0 Å². The van der Waals surface area contributed by atoms with Crippen molar-refractivity contribution in [3.63, 3.8) is 0 Å². The molecule has 0 saturated carbocycles. The lowest BCUT2D eigenvalue weighted by Crippen LogP contribution is -2.19. The number of ether oxygens (including phenoxy) is 2. The number of nitrogens with one attached hydrogen (secondary N) is 1.